The molecule has 0 nitrogen and oxygen atoms in total. The Labute approximate surface area is 136 Å². The summed E-state index contributed by atoms with van der Waals surface area (Å²) < 4.78 is 83.4. The summed E-state index contributed by atoms with van der Waals surface area (Å²) in [5, 5.41) is 0. The van der Waals surface area contributed by atoms with Crippen molar-refractivity contribution < 1.29 is 26.3 Å². The second-order valence-electron chi connectivity index (χ2n) is 5.93. The van der Waals surface area contributed by atoms with Crippen molar-refractivity contribution in [3.8, 4) is 0 Å². The fourth-order valence-electron chi connectivity index (χ4n) is 2.99. The number of halogens is 6. The molecule has 0 aliphatic heterocycles. The summed E-state index contributed by atoms with van der Waals surface area (Å²) in [4.78, 5) is 0. The second-order valence-corrected chi connectivity index (χ2v) is 5.93. The average Bonchev–Trinajstić information content (AvgIpc) is 2.40. The first-order valence-electron chi connectivity index (χ1n) is 7.19. The van der Waals surface area contributed by atoms with E-state index in [1.54, 1.807) is 13.8 Å². The van der Waals surface area contributed by atoms with Crippen LogP contribution in [0.15, 0.2) is 42.5 Å². The maximum atomic E-state index is 13.9. The van der Waals surface area contributed by atoms with Crippen LogP contribution in [0.2, 0.25) is 0 Å². The summed E-state index contributed by atoms with van der Waals surface area (Å²) in [6.07, 6.45) is -11.1. The smallest absolute Gasteiger partial charge is 0.169 e. The van der Waals surface area contributed by atoms with Gasteiger partial charge in [-0.3, -0.25) is 0 Å². The zero-order valence-electron chi connectivity index (χ0n) is 13.3. The number of alkyl halides is 6. The van der Waals surface area contributed by atoms with E-state index < -0.39 is 28.9 Å². The van der Waals surface area contributed by atoms with Gasteiger partial charge in [0, 0.05) is 0 Å². The molecule has 2 aromatic rings. The third-order valence-electron chi connectivity index (χ3n) is 4.12. The molecule has 130 valence electrons. The van der Waals surface area contributed by atoms with Crippen LogP contribution < -0.4 is 0 Å². The highest BCUT2D eigenvalue weighted by Crippen LogP contribution is 2.56. The summed E-state index contributed by atoms with van der Waals surface area (Å²) in [5.74, 6) is 0. The van der Waals surface area contributed by atoms with Gasteiger partial charge in [0.1, 0.15) is 0 Å². The third-order valence-corrected chi connectivity index (χ3v) is 4.12. The number of hydrogen-bond donors (Lipinski definition) is 0. The lowest BCUT2D eigenvalue weighted by atomic mass is 9.71. The molecule has 0 aliphatic rings. The molecule has 0 radical (unpaired) electrons. The largest absolute Gasteiger partial charge is 0.411 e. The van der Waals surface area contributed by atoms with Gasteiger partial charge in [-0.2, -0.15) is 26.3 Å². The summed E-state index contributed by atoms with van der Waals surface area (Å²) >= 11 is 0. The molecule has 0 fully saturated rings. The lowest BCUT2D eigenvalue weighted by molar-refractivity contribution is -0.288. The van der Waals surface area contributed by atoms with Crippen molar-refractivity contribution in [1.29, 1.82) is 0 Å². The van der Waals surface area contributed by atoms with Gasteiger partial charge >= 0.3 is 12.4 Å². The minimum absolute atomic E-state index is 0.0507. The Balaban J connectivity index is 2.94. The fourth-order valence-corrected chi connectivity index (χ4v) is 2.99. The Kier molecular flexibility index (Phi) is 4.46. The van der Waals surface area contributed by atoms with Crippen molar-refractivity contribution in [3.63, 3.8) is 0 Å². The van der Waals surface area contributed by atoms with Gasteiger partial charge in [-0.05, 0) is 37.5 Å². The average molecular weight is 346 g/mol. The van der Waals surface area contributed by atoms with Gasteiger partial charge in [0.2, 0.25) is 5.41 Å². The summed E-state index contributed by atoms with van der Waals surface area (Å²) in [6, 6.07) is 7.82. The maximum Gasteiger partial charge on any atom is 0.411 e. The fraction of sp³-hybridized carbons (Fsp3) is 0.333. The van der Waals surface area contributed by atoms with Gasteiger partial charge in [0.05, 0.1) is 0 Å². The molecule has 0 heterocycles. The quantitative estimate of drug-likeness (QED) is 0.583. The lowest BCUT2D eigenvalue weighted by Crippen LogP contribution is -2.55. The molecular weight excluding hydrogens is 330 g/mol. The number of hydrogen-bond acceptors (Lipinski definition) is 0. The van der Waals surface area contributed by atoms with E-state index in [0.717, 1.165) is 18.2 Å². The van der Waals surface area contributed by atoms with Gasteiger partial charge < -0.3 is 0 Å². The predicted molar refractivity (Wildman–Crippen MR) is 80.0 cm³/mol. The Bertz CT molecular complexity index is 709. The van der Waals surface area contributed by atoms with Crippen molar-refractivity contribution in [3.05, 3.63) is 70.3 Å². The van der Waals surface area contributed by atoms with E-state index in [-0.39, 0.29) is 5.56 Å². The van der Waals surface area contributed by atoms with Crippen LogP contribution in [-0.2, 0) is 5.41 Å². The standard InChI is InChI=1S/C18H16F6/c1-11-4-7-14(8-5-11)16(17(19,20)21,18(22,23)24)15-9-6-12(2)10-13(15)3/h4-10H,1-3H3. The van der Waals surface area contributed by atoms with Crippen molar-refractivity contribution >= 4 is 0 Å². The molecule has 0 aromatic heterocycles. The van der Waals surface area contributed by atoms with Gasteiger partial charge in [-0.1, -0.05) is 53.6 Å². The van der Waals surface area contributed by atoms with Crippen LogP contribution in [-0.4, -0.2) is 12.4 Å². The van der Waals surface area contributed by atoms with Gasteiger partial charge in [0.15, 0.2) is 0 Å². The van der Waals surface area contributed by atoms with Crippen molar-refractivity contribution in [2.45, 2.75) is 38.5 Å². The number of aryl methyl sites for hydroxylation is 3. The molecule has 0 amide bonds. The molecule has 24 heavy (non-hydrogen) atoms. The highest BCUT2D eigenvalue weighted by atomic mass is 19.4. The van der Waals surface area contributed by atoms with Gasteiger partial charge in [-0.25, -0.2) is 0 Å². The van der Waals surface area contributed by atoms with E-state index in [0.29, 0.717) is 11.1 Å². The molecule has 0 spiro atoms. The molecule has 2 aromatic carbocycles. The third kappa shape index (κ3) is 2.78. The van der Waals surface area contributed by atoms with E-state index in [4.69, 9.17) is 0 Å². The molecule has 0 saturated carbocycles. The van der Waals surface area contributed by atoms with Crippen LogP contribution >= 0.6 is 0 Å². The first-order valence-corrected chi connectivity index (χ1v) is 7.19. The topological polar surface area (TPSA) is 0 Å². The van der Waals surface area contributed by atoms with E-state index >= 15 is 0 Å². The Morgan fingerprint density at radius 2 is 1.08 bits per heavy atom. The molecule has 0 N–H and O–H groups in total. The van der Waals surface area contributed by atoms with Crippen LogP contribution in [0.4, 0.5) is 26.3 Å². The first kappa shape index (κ1) is 18.4. The first-order chi connectivity index (χ1) is 10.9. The van der Waals surface area contributed by atoms with Crippen LogP contribution in [0.3, 0.4) is 0 Å². The zero-order valence-corrected chi connectivity index (χ0v) is 13.3. The van der Waals surface area contributed by atoms with Crippen molar-refractivity contribution in [2.24, 2.45) is 0 Å². The van der Waals surface area contributed by atoms with Gasteiger partial charge in [0.25, 0.3) is 0 Å². The molecular formula is C18H16F6. The number of benzene rings is 2. The monoisotopic (exact) mass is 346 g/mol. The summed E-state index contributed by atoms with van der Waals surface area (Å²) in [5.41, 5.74) is -4.57. The van der Waals surface area contributed by atoms with E-state index in [1.807, 2.05) is 0 Å². The molecule has 0 aliphatic carbocycles. The van der Waals surface area contributed by atoms with Crippen LogP contribution in [0.25, 0.3) is 0 Å². The molecule has 0 unspecified atom stereocenters. The molecule has 0 atom stereocenters. The molecule has 2 rings (SSSR count). The predicted octanol–water partition coefficient (Wildman–Crippen LogP) is 6.02. The SMILES string of the molecule is Cc1ccc(C(c2ccc(C)cc2C)(C(F)(F)F)C(F)(F)F)cc1. The molecule has 0 bridgehead atoms. The second kappa shape index (κ2) is 5.83. The highest BCUT2D eigenvalue weighted by Gasteiger charge is 2.72. The minimum atomic E-state index is -5.54. The zero-order chi connectivity index (χ0) is 18.3. The Morgan fingerprint density at radius 1 is 0.625 bits per heavy atom. The lowest BCUT2D eigenvalue weighted by Gasteiger charge is -2.39. The minimum Gasteiger partial charge on any atom is -0.169 e. The van der Waals surface area contributed by atoms with E-state index in [9.17, 15) is 26.3 Å². The molecule has 0 saturated heterocycles. The molecule has 6 heteroatoms. The Morgan fingerprint density at radius 3 is 1.50 bits per heavy atom. The van der Waals surface area contributed by atoms with Crippen LogP contribution in [0.1, 0.15) is 27.8 Å². The summed E-state index contributed by atoms with van der Waals surface area (Å²) in [7, 11) is 0. The number of rotatable bonds is 2. The van der Waals surface area contributed by atoms with Crippen LogP contribution in [0, 0.1) is 20.8 Å². The van der Waals surface area contributed by atoms with E-state index in [1.165, 1.54) is 31.2 Å². The highest BCUT2D eigenvalue weighted by molar-refractivity contribution is 5.48. The normalized spacial score (nSPS) is 13.2. The Hall–Kier alpha value is -1.98. The summed E-state index contributed by atoms with van der Waals surface area (Å²) in [6.45, 7) is 4.48. The van der Waals surface area contributed by atoms with Crippen molar-refractivity contribution in [1.82, 2.24) is 0 Å². The van der Waals surface area contributed by atoms with E-state index in [2.05, 4.69) is 0 Å². The van der Waals surface area contributed by atoms with Gasteiger partial charge in [-0.15, -0.1) is 0 Å². The van der Waals surface area contributed by atoms with Crippen molar-refractivity contribution in [2.75, 3.05) is 0 Å². The van der Waals surface area contributed by atoms with Crippen LogP contribution in [0.5, 0.6) is 0 Å². The maximum absolute atomic E-state index is 13.9.